The van der Waals surface area contributed by atoms with Crippen LogP contribution in [0.15, 0.2) is 48.5 Å². The van der Waals surface area contributed by atoms with Crippen LogP contribution in [0.5, 0.6) is 5.75 Å². The number of methoxy groups -OCH3 is 1. The number of carbonyl (C=O) groups is 2. The van der Waals surface area contributed by atoms with Crippen molar-refractivity contribution in [2.45, 2.75) is 50.6 Å². The lowest BCUT2D eigenvalue weighted by Gasteiger charge is -2.37. The number of piperidine rings is 1. The summed E-state index contributed by atoms with van der Waals surface area (Å²) in [6.45, 7) is 0.171. The maximum Gasteiger partial charge on any atom is 0.419 e. The number of ether oxygens (including phenoxy) is 2. The fourth-order valence-corrected chi connectivity index (χ4v) is 4.80. The van der Waals surface area contributed by atoms with Crippen molar-refractivity contribution < 1.29 is 32.2 Å². The zero-order chi connectivity index (χ0) is 22.9. The van der Waals surface area contributed by atoms with Gasteiger partial charge in [0.05, 0.1) is 12.7 Å². The van der Waals surface area contributed by atoms with Gasteiger partial charge in [0, 0.05) is 23.6 Å². The molecule has 1 amide bonds. The molecule has 2 fully saturated rings. The first kappa shape index (κ1) is 22.2. The van der Waals surface area contributed by atoms with E-state index in [4.69, 9.17) is 9.47 Å². The molecule has 32 heavy (non-hydrogen) atoms. The maximum absolute atomic E-state index is 13.3. The van der Waals surface area contributed by atoms with E-state index in [-0.39, 0.29) is 35.8 Å². The molecule has 2 aliphatic rings. The fraction of sp³-hybridized carbons (Fsp3) is 0.417. The molecule has 2 unspecified atom stereocenters. The number of benzene rings is 2. The Labute approximate surface area is 184 Å². The van der Waals surface area contributed by atoms with Crippen molar-refractivity contribution >= 4 is 11.9 Å². The van der Waals surface area contributed by atoms with Gasteiger partial charge in [-0.15, -0.1) is 0 Å². The van der Waals surface area contributed by atoms with E-state index in [1.54, 1.807) is 4.90 Å². The molecule has 2 atom stereocenters. The average Bonchev–Trinajstić information content (AvgIpc) is 3.06. The van der Waals surface area contributed by atoms with Crippen molar-refractivity contribution in [3.63, 3.8) is 0 Å². The van der Waals surface area contributed by atoms with Crippen molar-refractivity contribution in [1.29, 1.82) is 0 Å². The Hall–Kier alpha value is -3.03. The minimum absolute atomic E-state index is 0.0163. The Bertz CT molecular complexity index is 978. The number of ketones is 1. The zero-order valence-corrected chi connectivity index (χ0v) is 17.6. The topological polar surface area (TPSA) is 55.8 Å². The normalized spacial score (nSPS) is 22.5. The van der Waals surface area contributed by atoms with Gasteiger partial charge in [-0.1, -0.05) is 30.3 Å². The van der Waals surface area contributed by atoms with Crippen LogP contribution in [0.2, 0.25) is 0 Å². The molecular weight excluding hydrogens is 423 g/mol. The predicted octanol–water partition coefficient (Wildman–Crippen LogP) is 5.48. The highest BCUT2D eigenvalue weighted by molar-refractivity contribution is 5.98. The molecule has 8 heteroatoms. The highest BCUT2D eigenvalue weighted by Crippen LogP contribution is 2.42. The van der Waals surface area contributed by atoms with Crippen LogP contribution in [-0.2, 0) is 17.5 Å². The van der Waals surface area contributed by atoms with Gasteiger partial charge in [-0.2, -0.15) is 13.2 Å². The van der Waals surface area contributed by atoms with Crippen molar-refractivity contribution in [1.82, 2.24) is 4.90 Å². The molecule has 2 aromatic rings. The smallest absolute Gasteiger partial charge is 0.419 e. The molecule has 0 N–H and O–H groups in total. The predicted molar refractivity (Wildman–Crippen MR) is 110 cm³/mol. The van der Waals surface area contributed by atoms with Crippen molar-refractivity contribution in [3.05, 3.63) is 65.2 Å². The van der Waals surface area contributed by atoms with E-state index in [2.05, 4.69) is 0 Å². The summed E-state index contributed by atoms with van der Waals surface area (Å²) in [5.74, 6) is -1.07. The van der Waals surface area contributed by atoms with Gasteiger partial charge in [0.25, 0.3) is 0 Å². The molecule has 2 heterocycles. The summed E-state index contributed by atoms with van der Waals surface area (Å²) in [5.41, 5.74) is -0.0587. The number of fused-ring (bicyclic) bond motifs is 2. The van der Waals surface area contributed by atoms with E-state index in [1.165, 1.54) is 12.1 Å². The second kappa shape index (κ2) is 8.84. The molecule has 2 saturated heterocycles. The number of Topliss-reactive ketones (excluding diaryl/α,β-unsaturated/α-hetero) is 1. The fourth-order valence-electron chi connectivity index (χ4n) is 4.80. The quantitative estimate of drug-likeness (QED) is 0.570. The summed E-state index contributed by atoms with van der Waals surface area (Å²) < 4.78 is 50.3. The zero-order valence-electron chi connectivity index (χ0n) is 17.6. The summed E-state index contributed by atoms with van der Waals surface area (Å²) in [4.78, 5) is 27.4. The van der Waals surface area contributed by atoms with Gasteiger partial charge in [-0.3, -0.25) is 4.79 Å². The Morgan fingerprint density at radius 3 is 2.28 bits per heavy atom. The van der Waals surface area contributed by atoms with E-state index in [1.807, 2.05) is 30.3 Å². The van der Waals surface area contributed by atoms with Gasteiger partial charge in [0.15, 0.2) is 5.78 Å². The molecule has 2 bridgehead atoms. The maximum atomic E-state index is 13.3. The largest absolute Gasteiger partial charge is 0.496 e. The minimum atomic E-state index is -4.62. The Kier molecular flexibility index (Phi) is 6.13. The van der Waals surface area contributed by atoms with Crippen LogP contribution in [0.3, 0.4) is 0 Å². The third-order valence-corrected chi connectivity index (χ3v) is 6.31. The third kappa shape index (κ3) is 4.45. The van der Waals surface area contributed by atoms with Crippen LogP contribution in [0.25, 0.3) is 0 Å². The second-order valence-corrected chi connectivity index (χ2v) is 8.28. The first-order valence-electron chi connectivity index (χ1n) is 10.6. The lowest BCUT2D eigenvalue weighted by Crippen LogP contribution is -2.48. The van der Waals surface area contributed by atoms with Crippen molar-refractivity contribution in [2.24, 2.45) is 5.92 Å². The molecule has 4 rings (SSSR count). The van der Waals surface area contributed by atoms with E-state index >= 15 is 0 Å². The van der Waals surface area contributed by atoms with Crippen molar-refractivity contribution in [3.8, 4) is 5.75 Å². The minimum Gasteiger partial charge on any atom is -0.496 e. The van der Waals surface area contributed by atoms with E-state index in [9.17, 15) is 22.8 Å². The summed E-state index contributed by atoms with van der Waals surface area (Å²) >= 11 is 0. The molecular formula is C24H24F3NO4. The molecule has 5 nitrogen and oxygen atoms in total. The monoisotopic (exact) mass is 447 g/mol. The van der Waals surface area contributed by atoms with E-state index in [0.717, 1.165) is 31.6 Å². The highest BCUT2D eigenvalue weighted by atomic mass is 19.4. The van der Waals surface area contributed by atoms with Crippen LogP contribution in [0.4, 0.5) is 18.0 Å². The first-order valence-corrected chi connectivity index (χ1v) is 10.6. The summed E-state index contributed by atoms with van der Waals surface area (Å²) in [5, 5.41) is 0. The molecule has 170 valence electrons. The summed E-state index contributed by atoms with van der Waals surface area (Å²) in [6.07, 6.45) is -2.67. The molecule has 2 aromatic carbocycles. The van der Waals surface area contributed by atoms with E-state index < -0.39 is 23.8 Å². The first-order chi connectivity index (χ1) is 15.3. The number of alkyl halides is 3. The van der Waals surface area contributed by atoms with Crippen LogP contribution in [-0.4, -0.2) is 36.0 Å². The number of halogens is 3. The number of carbonyl (C=O) groups excluding carboxylic acids is 2. The summed E-state index contributed by atoms with van der Waals surface area (Å²) in [6, 6.07) is 12.5. The van der Waals surface area contributed by atoms with Gasteiger partial charge in [-0.05, 0) is 49.4 Å². The van der Waals surface area contributed by atoms with Gasteiger partial charge in [0.2, 0.25) is 0 Å². The molecule has 0 radical (unpaired) electrons. The third-order valence-electron chi connectivity index (χ3n) is 6.31. The molecule has 0 aromatic heterocycles. The van der Waals surface area contributed by atoms with Gasteiger partial charge < -0.3 is 14.4 Å². The van der Waals surface area contributed by atoms with Crippen LogP contribution >= 0.6 is 0 Å². The number of nitrogens with zero attached hydrogens (tertiary/aromatic N) is 1. The Morgan fingerprint density at radius 2 is 1.69 bits per heavy atom. The Balaban J connectivity index is 1.44. The SMILES string of the molecule is COc1ccc(C(=O)C2CC3CCC(C2)N3C(=O)OCc2ccccc2)cc1C(F)(F)F. The van der Waals surface area contributed by atoms with E-state index in [0.29, 0.717) is 12.8 Å². The molecule has 2 aliphatic heterocycles. The lowest BCUT2D eigenvalue weighted by molar-refractivity contribution is -0.138. The van der Waals surface area contributed by atoms with Gasteiger partial charge in [0.1, 0.15) is 12.4 Å². The Morgan fingerprint density at radius 1 is 1.03 bits per heavy atom. The lowest BCUT2D eigenvalue weighted by atomic mass is 9.84. The second-order valence-electron chi connectivity index (χ2n) is 8.28. The summed E-state index contributed by atoms with van der Waals surface area (Å²) in [7, 11) is 1.16. The standard InChI is InChI=1S/C24H24F3NO4/c1-31-21-10-7-16(13-20(21)24(25,26)27)22(29)17-11-18-8-9-19(12-17)28(18)23(30)32-14-15-5-3-2-4-6-15/h2-7,10,13,17-19H,8-9,11-12,14H2,1H3. The van der Waals surface area contributed by atoms with Crippen LogP contribution < -0.4 is 4.74 Å². The number of rotatable bonds is 5. The number of hydrogen-bond donors (Lipinski definition) is 0. The number of hydrogen-bond acceptors (Lipinski definition) is 4. The number of amides is 1. The van der Waals surface area contributed by atoms with Gasteiger partial charge in [-0.25, -0.2) is 4.79 Å². The molecule has 0 saturated carbocycles. The van der Waals surface area contributed by atoms with Gasteiger partial charge >= 0.3 is 12.3 Å². The molecule has 0 spiro atoms. The molecule has 0 aliphatic carbocycles. The van der Waals surface area contributed by atoms with Crippen molar-refractivity contribution in [2.75, 3.05) is 7.11 Å². The highest BCUT2D eigenvalue weighted by Gasteiger charge is 2.46. The van der Waals surface area contributed by atoms with Crippen LogP contribution in [0.1, 0.15) is 47.2 Å². The average molecular weight is 447 g/mol. The van der Waals surface area contributed by atoms with Crippen LogP contribution in [0, 0.1) is 5.92 Å².